The third kappa shape index (κ3) is 1.95. The van der Waals surface area contributed by atoms with Crippen LogP contribution in [-0.2, 0) is 11.3 Å². The fourth-order valence-corrected chi connectivity index (χ4v) is 0.915. The van der Waals surface area contributed by atoms with Crippen molar-refractivity contribution in [2.45, 2.75) is 6.61 Å². The van der Waals surface area contributed by atoms with Crippen LogP contribution >= 0.6 is 0 Å². The molecule has 1 aromatic rings. The fraction of sp³-hybridized carbons (Fsp3) is 0.333. The molecular formula is C9H11FO2. The predicted molar refractivity (Wildman–Crippen MR) is 43.7 cm³/mol. The second-order valence-electron chi connectivity index (χ2n) is 2.24. The average Bonchev–Trinajstić information content (AvgIpc) is 2.14. The van der Waals surface area contributed by atoms with Gasteiger partial charge in [0.1, 0.15) is 11.6 Å². The third-order valence-electron chi connectivity index (χ3n) is 1.48. The third-order valence-corrected chi connectivity index (χ3v) is 1.48. The van der Waals surface area contributed by atoms with Crippen LogP contribution in [0.1, 0.15) is 9.68 Å². The maximum Gasteiger partial charge on any atom is 0.127 e. The van der Waals surface area contributed by atoms with E-state index in [0.29, 0.717) is 5.56 Å². The Balaban J connectivity index is 2.76. The molecule has 0 atom stereocenters. The van der Waals surface area contributed by atoms with Crippen molar-refractivity contribution in [3.8, 4) is 5.75 Å². The zero-order chi connectivity index (χ0) is 11.5. The minimum Gasteiger partial charge on any atom is -0.496 e. The Bertz CT molecular complexity index is 339. The Hall–Kier alpha value is -1.09. The van der Waals surface area contributed by atoms with Crippen LogP contribution in [0.3, 0.4) is 0 Å². The van der Waals surface area contributed by atoms with Gasteiger partial charge in [0.2, 0.25) is 0 Å². The van der Waals surface area contributed by atoms with Gasteiger partial charge in [0.25, 0.3) is 0 Å². The van der Waals surface area contributed by atoms with Gasteiger partial charge in [-0.1, -0.05) is 6.07 Å². The molecule has 1 rings (SSSR count). The van der Waals surface area contributed by atoms with E-state index >= 15 is 0 Å². The maximum atomic E-state index is 12.8. The molecule has 3 heteroatoms. The highest BCUT2D eigenvalue weighted by molar-refractivity contribution is 5.33. The number of benzene rings is 1. The van der Waals surface area contributed by atoms with E-state index in [-0.39, 0.29) is 12.4 Å². The van der Waals surface area contributed by atoms with Crippen molar-refractivity contribution >= 4 is 0 Å². The summed E-state index contributed by atoms with van der Waals surface area (Å²) >= 11 is 0. The normalized spacial score (nSPS) is 14.7. The standard InChI is InChI=1S/C9H11FO2/c1-11-6-7-3-4-8(10)5-9(7)12-2/h3-5H,6H2,1-2H3/i1D3. The summed E-state index contributed by atoms with van der Waals surface area (Å²) in [5.41, 5.74) is 0.495. The Morgan fingerprint density at radius 3 is 3.08 bits per heavy atom. The first-order chi connectivity index (χ1) is 6.92. The summed E-state index contributed by atoms with van der Waals surface area (Å²) in [5.74, 6) is -0.163. The average molecular weight is 173 g/mol. The number of hydrogen-bond acceptors (Lipinski definition) is 2. The lowest BCUT2D eigenvalue weighted by Gasteiger charge is -2.06. The molecule has 0 fully saturated rings. The molecule has 12 heavy (non-hydrogen) atoms. The predicted octanol–water partition coefficient (Wildman–Crippen LogP) is 1.98. The highest BCUT2D eigenvalue weighted by atomic mass is 19.1. The van der Waals surface area contributed by atoms with Crippen LogP contribution in [0.5, 0.6) is 5.75 Å². The summed E-state index contributed by atoms with van der Waals surface area (Å²) in [6, 6.07) is 3.83. The summed E-state index contributed by atoms with van der Waals surface area (Å²) in [7, 11) is -1.08. The highest BCUT2D eigenvalue weighted by Gasteiger charge is 2.02. The molecule has 1 aromatic carbocycles. The molecule has 0 heterocycles. The molecule has 0 saturated carbocycles. The lowest BCUT2D eigenvalue weighted by Crippen LogP contribution is -1.94. The van der Waals surface area contributed by atoms with E-state index in [1.807, 2.05) is 0 Å². The van der Waals surface area contributed by atoms with Crippen molar-refractivity contribution in [3.05, 3.63) is 29.6 Å². The summed E-state index contributed by atoms with van der Waals surface area (Å²) in [6.45, 7) is -0.139. The Kier molecular flexibility index (Phi) is 1.88. The molecule has 66 valence electrons. The minimum absolute atomic E-state index is 0.139. The van der Waals surface area contributed by atoms with Crippen LogP contribution in [0, 0.1) is 5.82 Å². The quantitative estimate of drug-likeness (QED) is 0.695. The zero-order valence-electron chi connectivity index (χ0n) is 9.63. The van der Waals surface area contributed by atoms with Crippen molar-refractivity contribution in [1.82, 2.24) is 0 Å². The monoisotopic (exact) mass is 173 g/mol. The molecule has 0 spiro atoms. The molecule has 0 aliphatic rings. The summed E-state index contributed by atoms with van der Waals surface area (Å²) in [4.78, 5) is 0. The molecule has 0 N–H and O–H groups in total. The molecule has 0 radical (unpaired) electrons. The number of rotatable bonds is 3. The van der Waals surface area contributed by atoms with E-state index in [2.05, 4.69) is 4.74 Å². The van der Waals surface area contributed by atoms with Gasteiger partial charge in [-0.2, -0.15) is 0 Å². The zero-order valence-corrected chi connectivity index (χ0v) is 6.63. The second-order valence-corrected chi connectivity index (χ2v) is 2.24. The van der Waals surface area contributed by atoms with Crippen LogP contribution in [0.4, 0.5) is 4.39 Å². The lowest BCUT2D eigenvalue weighted by atomic mass is 10.2. The number of halogens is 1. The molecule has 0 aliphatic carbocycles. The van der Waals surface area contributed by atoms with Gasteiger partial charge in [0.15, 0.2) is 0 Å². The first-order valence-corrected chi connectivity index (χ1v) is 3.39. The molecule has 0 aliphatic heterocycles. The Labute approximate surface area is 75.1 Å². The van der Waals surface area contributed by atoms with Crippen LogP contribution in [0.25, 0.3) is 0 Å². The molecule has 0 aromatic heterocycles. The van der Waals surface area contributed by atoms with Gasteiger partial charge >= 0.3 is 0 Å². The smallest absolute Gasteiger partial charge is 0.127 e. The molecule has 0 saturated heterocycles. The van der Waals surface area contributed by atoms with Crippen LogP contribution in [0.15, 0.2) is 18.2 Å². The van der Waals surface area contributed by atoms with Crippen molar-refractivity contribution < 1.29 is 18.0 Å². The molecular weight excluding hydrogens is 159 g/mol. The largest absolute Gasteiger partial charge is 0.496 e. The molecule has 2 nitrogen and oxygen atoms in total. The van der Waals surface area contributed by atoms with Crippen LogP contribution < -0.4 is 4.74 Å². The van der Waals surface area contributed by atoms with E-state index in [4.69, 9.17) is 8.85 Å². The van der Waals surface area contributed by atoms with Crippen LogP contribution in [0.2, 0.25) is 0 Å². The van der Waals surface area contributed by atoms with Gasteiger partial charge in [-0.05, 0) is 6.07 Å². The molecule has 0 amide bonds. The Morgan fingerprint density at radius 2 is 2.42 bits per heavy atom. The van der Waals surface area contributed by atoms with Gasteiger partial charge < -0.3 is 9.47 Å². The first kappa shape index (κ1) is 5.54. The van der Waals surface area contributed by atoms with E-state index in [1.54, 1.807) is 0 Å². The highest BCUT2D eigenvalue weighted by Crippen LogP contribution is 2.19. The molecule has 0 unspecified atom stereocenters. The first-order valence-electron chi connectivity index (χ1n) is 4.89. The van der Waals surface area contributed by atoms with Crippen molar-refractivity contribution in [3.63, 3.8) is 0 Å². The van der Waals surface area contributed by atoms with Gasteiger partial charge in [-0.3, -0.25) is 0 Å². The summed E-state index contributed by atoms with van der Waals surface area (Å²) in [6.07, 6.45) is 0. The summed E-state index contributed by atoms with van der Waals surface area (Å²) < 4.78 is 42.8. The van der Waals surface area contributed by atoms with Gasteiger partial charge in [0.05, 0.1) is 17.8 Å². The van der Waals surface area contributed by atoms with Gasteiger partial charge in [-0.25, -0.2) is 4.39 Å². The fourth-order valence-electron chi connectivity index (χ4n) is 0.915. The van der Waals surface area contributed by atoms with E-state index < -0.39 is 12.9 Å². The Morgan fingerprint density at radius 1 is 1.58 bits per heavy atom. The van der Waals surface area contributed by atoms with E-state index in [1.165, 1.54) is 25.3 Å². The van der Waals surface area contributed by atoms with E-state index in [0.717, 1.165) is 0 Å². The maximum absolute atomic E-state index is 12.8. The summed E-state index contributed by atoms with van der Waals surface area (Å²) in [5, 5.41) is 0. The van der Waals surface area contributed by atoms with Crippen LogP contribution in [-0.4, -0.2) is 14.1 Å². The van der Waals surface area contributed by atoms with Gasteiger partial charge in [-0.15, -0.1) is 0 Å². The second kappa shape index (κ2) is 4.07. The van der Waals surface area contributed by atoms with E-state index in [9.17, 15) is 4.39 Å². The SMILES string of the molecule is [2H]C([2H])([2H])OCc1ccc(F)cc1OC. The number of ether oxygens (including phenoxy) is 2. The van der Waals surface area contributed by atoms with Crippen molar-refractivity contribution in [2.24, 2.45) is 0 Å². The number of methoxy groups -OCH3 is 2. The van der Waals surface area contributed by atoms with Crippen molar-refractivity contribution in [1.29, 1.82) is 0 Å². The lowest BCUT2D eigenvalue weighted by molar-refractivity contribution is 0.181. The molecule has 0 bridgehead atoms. The van der Waals surface area contributed by atoms with Crippen molar-refractivity contribution in [2.75, 3.05) is 14.1 Å². The minimum atomic E-state index is -2.46. The topological polar surface area (TPSA) is 18.5 Å². The number of hydrogen-bond donors (Lipinski definition) is 0. The van der Waals surface area contributed by atoms with Gasteiger partial charge in [0, 0.05) is 18.7 Å².